The van der Waals surface area contributed by atoms with E-state index in [9.17, 15) is 0 Å². The first kappa shape index (κ1) is 14.6. The monoisotopic (exact) mass is 332 g/mol. The van der Waals surface area contributed by atoms with Gasteiger partial charge < -0.3 is 4.74 Å². The van der Waals surface area contributed by atoms with Gasteiger partial charge in [-0.05, 0) is 65.7 Å². The Kier molecular flexibility index (Phi) is 5.18. The van der Waals surface area contributed by atoms with E-state index in [1.807, 2.05) is 62.4 Å². The molecule has 104 valence electrons. The summed E-state index contributed by atoms with van der Waals surface area (Å²) in [5, 5.41) is 4.21. The topological polar surface area (TPSA) is 33.6 Å². The highest BCUT2D eigenvalue weighted by atomic mass is 79.9. The molecular formula is C16H17BrN2O. The second kappa shape index (κ2) is 7.10. The van der Waals surface area contributed by atoms with Gasteiger partial charge in [0.2, 0.25) is 0 Å². The first-order chi connectivity index (χ1) is 9.65. The van der Waals surface area contributed by atoms with Crippen molar-refractivity contribution in [2.45, 2.75) is 20.0 Å². The number of hydrogen-bond donors (Lipinski definition) is 1. The van der Waals surface area contributed by atoms with Gasteiger partial charge in [-0.3, -0.25) is 5.43 Å². The third-order valence-corrected chi connectivity index (χ3v) is 3.12. The van der Waals surface area contributed by atoms with E-state index in [2.05, 4.69) is 26.5 Å². The van der Waals surface area contributed by atoms with Gasteiger partial charge in [0.15, 0.2) is 0 Å². The Morgan fingerprint density at radius 1 is 1.15 bits per heavy atom. The summed E-state index contributed by atoms with van der Waals surface area (Å²) in [4.78, 5) is 0. The molecule has 2 aromatic carbocycles. The van der Waals surface area contributed by atoms with Crippen molar-refractivity contribution in [1.29, 1.82) is 0 Å². The molecular weight excluding hydrogens is 316 g/mol. The maximum absolute atomic E-state index is 5.67. The minimum atomic E-state index is 0.158. The second-order valence-corrected chi connectivity index (χ2v) is 5.45. The van der Waals surface area contributed by atoms with Crippen LogP contribution in [-0.2, 0) is 0 Å². The van der Waals surface area contributed by atoms with Gasteiger partial charge in [0.1, 0.15) is 5.75 Å². The molecule has 0 amide bonds. The van der Waals surface area contributed by atoms with Gasteiger partial charge in [-0.2, -0.15) is 5.10 Å². The summed E-state index contributed by atoms with van der Waals surface area (Å²) in [5.74, 6) is 0.841. The van der Waals surface area contributed by atoms with Crippen molar-refractivity contribution in [1.82, 2.24) is 0 Å². The quantitative estimate of drug-likeness (QED) is 0.636. The van der Waals surface area contributed by atoms with Gasteiger partial charge in [0, 0.05) is 0 Å². The highest BCUT2D eigenvalue weighted by molar-refractivity contribution is 9.10. The Balaban J connectivity index is 2.01. The molecule has 0 unspecified atom stereocenters. The molecule has 0 saturated heterocycles. The van der Waals surface area contributed by atoms with Crippen LogP contribution in [0.2, 0.25) is 0 Å². The number of nitrogens with one attached hydrogen (secondary N) is 1. The van der Waals surface area contributed by atoms with Crippen LogP contribution < -0.4 is 10.2 Å². The normalized spacial score (nSPS) is 11.0. The zero-order valence-corrected chi connectivity index (χ0v) is 13.1. The minimum Gasteiger partial charge on any atom is -0.490 e. The number of hydrogen-bond acceptors (Lipinski definition) is 3. The SMILES string of the molecule is CC(C)Oc1ccc(C=NNc2ccccc2)cc1Br. The van der Waals surface area contributed by atoms with Crippen LogP contribution in [0.3, 0.4) is 0 Å². The van der Waals surface area contributed by atoms with Crippen molar-refractivity contribution in [3.63, 3.8) is 0 Å². The fourth-order valence-corrected chi connectivity index (χ4v) is 2.13. The number of anilines is 1. The van der Waals surface area contributed by atoms with Gasteiger partial charge >= 0.3 is 0 Å². The van der Waals surface area contributed by atoms with E-state index < -0.39 is 0 Å². The Hall–Kier alpha value is -1.81. The lowest BCUT2D eigenvalue weighted by Gasteiger charge is -2.11. The van der Waals surface area contributed by atoms with E-state index in [1.165, 1.54) is 0 Å². The van der Waals surface area contributed by atoms with Crippen molar-refractivity contribution < 1.29 is 4.74 Å². The molecule has 0 bridgehead atoms. The largest absolute Gasteiger partial charge is 0.490 e. The highest BCUT2D eigenvalue weighted by Gasteiger charge is 2.03. The molecule has 20 heavy (non-hydrogen) atoms. The number of hydrazone groups is 1. The highest BCUT2D eigenvalue weighted by Crippen LogP contribution is 2.26. The van der Waals surface area contributed by atoms with Gasteiger partial charge in [-0.1, -0.05) is 18.2 Å². The van der Waals surface area contributed by atoms with Gasteiger partial charge in [0.25, 0.3) is 0 Å². The van der Waals surface area contributed by atoms with E-state index in [0.717, 1.165) is 21.5 Å². The summed E-state index contributed by atoms with van der Waals surface area (Å²) < 4.78 is 6.59. The molecule has 0 aliphatic rings. The maximum atomic E-state index is 5.67. The predicted molar refractivity (Wildman–Crippen MR) is 87.6 cm³/mol. The van der Waals surface area contributed by atoms with Gasteiger partial charge in [-0.25, -0.2) is 0 Å². The number of para-hydroxylation sites is 1. The van der Waals surface area contributed by atoms with E-state index in [0.29, 0.717) is 0 Å². The fourth-order valence-electron chi connectivity index (χ4n) is 1.64. The zero-order valence-electron chi connectivity index (χ0n) is 11.5. The summed E-state index contributed by atoms with van der Waals surface area (Å²) in [7, 11) is 0. The van der Waals surface area contributed by atoms with E-state index in [4.69, 9.17) is 4.74 Å². The Morgan fingerprint density at radius 3 is 2.55 bits per heavy atom. The average Bonchev–Trinajstić information content (AvgIpc) is 2.43. The first-order valence-electron chi connectivity index (χ1n) is 6.45. The second-order valence-electron chi connectivity index (χ2n) is 4.59. The molecule has 0 fully saturated rings. The zero-order chi connectivity index (χ0) is 14.4. The van der Waals surface area contributed by atoms with Crippen LogP contribution in [0.15, 0.2) is 58.1 Å². The van der Waals surface area contributed by atoms with E-state index >= 15 is 0 Å². The fraction of sp³-hybridized carbons (Fsp3) is 0.188. The van der Waals surface area contributed by atoms with Crippen molar-refractivity contribution in [3.8, 4) is 5.75 Å². The van der Waals surface area contributed by atoms with Gasteiger partial charge in [0.05, 0.1) is 22.5 Å². The summed E-state index contributed by atoms with van der Waals surface area (Å²) in [6.45, 7) is 4.01. The molecule has 3 nitrogen and oxygen atoms in total. The molecule has 0 saturated carbocycles. The van der Waals surface area contributed by atoms with Crippen LogP contribution in [-0.4, -0.2) is 12.3 Å². The van der Waals surface area contributed by atoms with Crippen LogP contribution in [0.5, 0.6) is 5.75 Å². The van der Waals surface area contributed by atoms with Crippen LogP contribution in [0.1, 0.15) is 19.4 Å². The van der Waals surface area contributed by atoms with Gasteiger partial charge in [-0.15, -0.1) is 0 Å². The third kappa shape index (κ3) is 4.38. The number of nitrogens with zero attached hydrogens (tertiary/aromatic N) is 1. The lowest BCUT2D eigenvalue weighted by atomic mass is 10.2. The van der Waals surface area contributed by atoms with Crippen LogP contribution >= 0.6 is 15.9 Å². The maximum Gasteiger partial charge on any atom is 0.133 e. The van der Waals surface area contributed by atoms with Crippen molar-refractivity contribution in [3.05, 3.63) is 58.6 Å². The van der Waals surface area contributed by atoms with E-state index in [-0.39, 0.29) is 6.10 Å². The Bertz CT molecular complexity index is 582. The summed E-state index contributed by atoms with van der Waals surface area (Å²) in [5.41, 5.74) is 4.94. The molecule has 0 atom stereocenters. The number of benzene rings is 2. The van der Waals surface area contributed by atoms with Crippen LogP contribution in [0, 0.1) is 0 Å². The van der Waals surface area contributed by atoms with Crippen molar-refractivity contribution in [2.75, 3.05) is 5.43 Å². The lowest BCUT2D eigenvalue weighted by Crippen LogP contribution is -2.06. The molecule has 4 heteroatoms. The molecule has 0 radical (unpaired) electrons. The third-order valence-electron chi connectivity index (χ3n) is 2.50. The van der Waals surface area contributed by atoms with Crippen molar-refractivity contribution >= 4 is 27.8 Å². The number of halogens is 1. The molecule has 2 rings (SSSR count). The number of rotatable bonds is 5. The Labute approximate surface area is 127 Å². The molecule has 0 heterocycles. The Morgan fingerprint density at radius 2 is 1.90 bits per heavy atom. The molecule has 0 aliphatic heterocycles. The van der Waals surface area contributed by atoms with Crippen molar-refractivity contribution in [2.24, 2.45) is 5.10 Å². The minimum absolute atomic E-state index is 0.158. The first-order valence-corrected chi connectivity index (χ1v) is 7.25. The predicted octanol–water partition coefficient (Wildman–Crippen LogP) is 4.68. The molecule has 0 aliphatic carbocycles. The lowest BCUT2D eigenvalue weighted by molar-refractivity contribution is 0.241. The van der Waals surface area contributed by atoms with Crippen LogP contribution in [0.4, 0.5) is 5.69 Å². The molecule has 0 aromatic heterocycles. The van der Waals surface area contributed by atoms with Crippen LogP contribution in [0.25, 0.3) is 0 Å². The summed E-state index contributed by atoms with van der Waals surface area (Å²) in [6.07, 6.45) is 1.93. The number of ether oxygens (including phenoxy) is 1. The molecule has 0 spiro atoms. The molecule has 1 N–H and O–H groups in total. The summed E-state index contributed by atoms with van der Waals surface area (Å²) in [6, 6.07) is 15.7. The smallest absolute Gasteiger partial charge is 0.133 e. The van der Waals surface area contributed by atoms with E-state index in [1.54, 1.807) is 6.21 Å². The summed E-state index contributed by atoms with van der Waals surface area (Å²) >= 11 is 3.51. The average molecular weight is 333 g/mol. The standard InChI is InChI=1S/C16H17BrN2O/c1-12(2)20-16-9-8-13(10-15(16)17)11-18-19-14-6-4-3-5-7-14/h3-12,19H,1-2H3. The molecule has 2 aromatic rings.